The van der Waals surface area contributed by atoms with Gasteiger partial charge in [0.2, 0.25) is 5.91 Å². The molecule has 1 fully saturated rings. The third-order valence-electron chi connectivity index (χ3n) is 3.54. The first-order valence-electron chi connectivity index (χ1n) is 6.54. The Balaban J connectivity index is 2.20. The second kappa shape index (κ2) is 7.34. The number of terminal acetylenes is 1. The number of aliphatic hydroxyl groups is 1. The van der Waals surface area contributed by atoms with Crippen molar-refractivity contribution in [2.75, 3.05) is 13.1 Å². The van der Waals surface area contributed by atoms with E-state index < -0.39 is 0 Å². The lowest BCUT2D eigenvalue weighted by molar-refractivity contribution is -0.133. The van der Waals surface area contributed by atoms with Crippen LogP contribution in [-0.4, -0.2) is 35.1 Å². The summed E-state index contributed by atoms with van der Waals surface area (Å²) in [6, 6.07) is 0. The van der Waals surface area contributed by atoms with Gasteiger partial charge in [-0.2, -0.15) is 0 Å². The number of nitrogens with zero attached hydrogens (tertiary/aromatic N) is 1. The van der Waals surface area contributed by atoms with E-state index in [4.69, 9.17) is 6.42 Å². The predicted octanol–water partition coefficient (Wildman–Crippen LogP) is 1.80. The van der Waals surface area contributed by atoms with E-state index in [1.165, 1.54) is 0 Å². The van der Waals surface area contributed by atoms with Crippen LogP contribution >= 0.6 is 0 Å². The number of likely N-dealkylation sites (tertiary alicyclic amines) is 1. The van der Waals surface area contributed by atoms with Crippen LogP contribution in [0.25, 0.3) is 0 Å². The zero-order valence-corrected chi connectivity index (χ0v) is 10.7. The summed E-state index contributed by atoms with van der Waals surface area (Å²) in [5.74, 6) is 3.19. The van der Waals surface area contributed by atoms with E-state index in [9.17, 15) is 9.90 Å². The molecule has 1 amide bonds. The molecule has 3 heteroatoms. The molecule has 0 aromatic heterocycles. The maximum atomic E-state index is 11.8. The SMILES string of the molecule is C#CCCCCC(=O)N1CCC(C(C)O)CC1. The molecule has 17 heavy (non-hydrogen) atoms. The third kappa shape index (κ3) is 4.79. The highest BCUT2D eigenvalue weighted by Gasteiger charge is 2.24. The van der Waals surface area contributed by atoms with E-state index >= 15 is 0 Å². The van der Waals surface area contributed by atoms with Crippen molar-refractivity contribution in [1.82, 2.24) is 4.90 Å². The normalized spacial score (nSPS) is 18.8. The van der Waals surface area contributed by atoms with Crippen molar-refractivity contribution in [3.63, 3.8) is 0 Å². The first-order valence-corrected chi connectivity index (χ1v) is 6.54. The largest absolute Gasteiger partial charge is 0.393 e. The van der Waals surface area contributed by atoms with E-state index in [1.54, 1.807) is 0 Å². The van der Waals surface area contributed by atoms with E-state index in [0.717, 1.165) is 45.2 Å². The Morgan fingerprint density at radius 2 is 2.12 bits per heavy atom. The highest BCUT2D eigenvalue weighted by Crippen LogP contribution is 2.21. The summed E-state index contributed by atoms with van der Waals surface area (Å²) in [7, 11) is 0. The minimum absolute atomic E-state index is 0.242. The molecule has 0 aromatic carbocycles. The summed E-state index contributed by atoms with van der Waals surface area (Å²) < 4.78 is 0. The van der Waals surface area contributed by atoms with Crippen LogP contribution in [0.5, 0.6) is 0 Å². The predicted molar refractivity (Wildman–Crippen MR) is 68.3 cm³/mol. The van der Waals surface area contributed by atoms with Crippen LogP contribution in [0, 0.1) is 18.3 Å². The lowest BCUT2D eigenvalue weighted by Gasteiger charge is -2.33. The molecule has 0 bridgehead atoms. The maximum absolute atomic E-state index is 11.8. The van der Waals surface area contributed by atoms with Crippen molar-refractivity contribution < 1.29 is 9.90 Å². The molecular weight excluding hydrogens is 214 g/mol. The molecule has 1 aliphatic heterocycles. The lowest BCUT2D eigenvalue weighted by Crippen LogP contribution is -2.40. The minimum Gasteiger partial charge on any atom is -0.393 e. The Kier molecular flexibility index (Phi) is 6.07. The summed E-state index contributed by atoms with van der Waals surface area (Å²) in [6.45, 7) is 3.43. The molecule has 1 unspecified atom stereocenters. The third-order valence-corrected chi connectivity index (χ3v) is 3.54. The molecule has 1 rings (SSSR count). The van der Waals surface area contributed by atoms with Gasteiger partial charge in [-0.15, -0.1) is 12.3 Å². The standard InChI is InChI=1S/C14H23NO2/c1-3-4-5-6-7-14(17)15-10-8-13(9-11-15)12(2)16/h1,12-13,16H,4-11H2,2H3. The fourth-order valence-electron chi connectivity index (χ4n) is 2.29. The van der Waals surface area contributed by atoms with Crippen LogP contribution in [0.15, 0.2) is 0 Å². The topological polar surface area (TPSA) is 40.5 Å². The number of piperidine rings is 1. The van der Waals surface area contributed by atoms with Crippen molar-refractivity contribution in [3.8, 4) is 12.3 Å². The maximum Gasteiger partial charge on any atom is 0.222 e. The molecule has 0 aliphatic carbocycles. The molecule has 1 N–H and O–H groups in total. The van der Waals surface area contributed by atoms with Gasteiger partial charge in [-0.25, -0.2) is 0 Å². The van der Waals surface area contributed by atoms with Gasteiger partial charge in [-0.05, 0) is 38.5 Å². The molecule has 0 aromatic rings. The number of rotatable bonds is 5. The molecule has 96 valence electrons. The quantitative estimate of drug-likeness (QED) is 0.585. The van der Waals surface area contributed by atoms with Gasteiger partial charge in [-0.3, -0.25) is 4.79 Å². The lowest BCUT2D eigenvalue weighted by atomic mass is 9.92. The molecular formula is C14H23NO2. The Hall–Kier alpha value is -1.01. The van der Waals surface area contributed by atoms with E-state index in [0.29, 0.717) is 12.3 Å². The Labute approximate surface area is 104 Å². The van der Waals surface area contributed by atoms with Crippen molar-refractivity contribution in [2.24, 2.45) is 5.92 Å². The monoisotopic (exact) mass is 237 g/mol. The Bertz CT molecular complexity index is 272. The summed E-state index contributed by atoms with van der Waals surface area (Å²) in [5, 5.41) is 9.48. The average molecular weight is 237 g/mol. The van der Waals surface area contributed by atoms with Crippen LogP contribution in [0.1, 0.15) is 45.4 Å². The van der Waals surface area contributed by atoms with Gasteiger partial charge in [0.05, 0.1) is 6.10 Å². The van der Waals surface area contributed by atoms with Crippen molar-refractivity contribution in [2.45, 2.75) is 51.6 Å². The van der Waals surface area contributed by atoms with Crippen LogP contribution in [-0.2, 0) is 4.79 Å². The minimum atomic E-state index is -0.247. The van der Waals surface area contributed by atoms with Crippen LogP contribution in [0.4, 0.5) is 0 Å². The number of hydrogen-bond acceptors (Lipinski definition) is 2. The molecule has 0 radical (unpaired) electrons. The number of carbonyl (C=O) groups is 1. The van der Waals surface area contributed by atoms with Crippen LogP contribution in [0.2, 0.25) is 0 Å². The summed E-state index contributed by atoms with van der Waals surface area (Å²) >= 11 is 0. The molecule has 1 aliphatic rings. The van der Waals surface area contributed by atoms with Crippen molar-refractivity contribution >= 4 is 5.91 Å². The second-order valence-electron chi connectivity index (χ2n) is 4.87. The number of hydrogen-bond donors (Lipinski definition) is 1. The number of unbranched alkanes of at least 4 members (excludes halogenated alkanes) is 2. The summed E-state index contributed by atoms with van der Waals surface area (Å²) in [6.07, 6.45) is 9.96. The number of amides is 1. The first kappa shape index (κ1) is 14.1. The fraction of sp³-hybridized carbons (Fsp3) is 0.786. The molecule has 0 saturated carbocycles. The van der Waals surface area contributed by atoms with Gasteiger partial charge in [0, 0.05) is 25.9 Å². The molecule has 1 atom stereocenters. The Morgan fingerprint density at radius 1 is 1.47 bits per heavy atom. The number of aliphatic hydroxyl groups excluding tert-OH is 1. The molecule has 0 spiro atoms. The first-order chi connectivity index (χ1) is 8.15. The molecule has 1 heterocycles. The van der Waals surface area contributed by atoms with Gasteiger partial charge in [-0.1, -0.05) is 0 Å². The van der Waals surface area contributed by atoms with E-state index in [-0.39, 0.29) is 12.0 Å². The highest BCUT2D eigenvalue weighted by molar-refractivity contribution is 5.76. The van der Waals surface area contributed by atoms with Gasteiger partial charge >= 0.3 is 0 Å². The summed E-state index contributed by atoms with van der Waals surface area (Å²) in [5.41, 5.74) is 0. The smallest absolute Gasteiger partial charge is 0.222 e. The van der Waals surface area contributed by atoms with Gasteiger partial charge in [0.1, 0.15) is 0 Å². The number of carbonyl (C=O) groups excluding carboxylic acids is 1. The zero-order chi connectivity index (χ0) is 12.7. The van der Waals surface area contributed by atoms with E-state index in [2.05, 4.69) is 5.92 Å². The fourth-order valence-corrected chi connectivity index (χ4v) is 2.29. The van der Waals surface area contributed by atoms with Gasteiger partial charge in [0.25, 0.3) is 0 Å². The summed E-state index contributed by atoms with van der Waals surface area (Å²) in [4.78, 5) is 13.8. The molecule has 1 saturated heterocycles. The van der Waals surface area contributed by atoms with Crippen molar-refractivity contribution in [3.05, 3.63) is 0 Å². The van der Waals surface area contributed by atoms with Gasteiger partial charge < -0.3 is 10.0 Å². The molecule has 3 nitrogen and oxygen atoms in total. The average Bonchev–Trinajstić information content (AvgIpc) is 2.34. The highest BCUT2D eigenvalue weighted by atomic mass is 16.3. The van der Waals surface area contributed by atoms with Crippen molar-refractivity contribution in [1.29, 1.82) is 0 Å². The second-order valence-corrected chi connectivity index (χ2v) is 4.87. The van der Waals surface area contributed by atoms with Crippen LogP contribution < -0.4 is 0 Å². The van der Waals surface area contributed by atoms with Gasteiger partial charge in [0.15, 0.2) is 0 Å². The Morgan fingerprint density at radius 3 is 2.65 bits per heavy atom. The zero-order valence-electron chi connectivity index (χ0n) is 10.7. The van der Waals surface area contributed by atoms with E-state index in [1.807, 2.05) is 11.8 Å². The van der Waals surface area contributed by atoms with Crippen LogP contribution in [0.3, 0.4) is 0 Å².